The Morgan fingerprint density at radius 1 is 1.17 bits per heavy atom. The SMILES string of the molecule is COCCc1nn(Cc2ccc(CCO)cc2)cc1C(=O)OC. The van der Waals surface area contributed by atoms with Gasteiger partial charge in [0, 0.05) is 26.3 Å². The predicted molar refractivity (Wildman–Crippen MR) is 85.5 cm³/mol. The van der Waals surface area contributed by atoms with Crippen LogP contribution in [0.15, 0.2) is 30.5 Å². The van der Waals surface area contributed by atoms with E-state index in [0.29, 0.717) is 37.3 Å². The molecule has 0 atom stereocenters. The largest absolute Gasteiger partial charge is 0.465 e. The number of rotatable bonds is 8. The summed E-state index contributed by atoms with van der Waals surface area (Å²) in [5.74, 6) is -0.388. The summed E-state index contributed by atoms with van der Waals surface area (Å²) >= 11 is 0. The summed E-state index contributed by atoms with van der Waals surface area (Å²) in [6, 6.07) is 7.98. The molecule has 0 aliphatic carbocycles. The molecule has 2 rings (SSSR count). The van der Waals surface area contributed by atoms with Crippen molar-refractivity contribution in [1.82, 2.24) is 9.78 Å². The van der Waals surface area contributed by atoms with Gasteiger partial charge in [-0.1, -0.05) is 24.3 Å². The molecule has 0 amide bonds. The minimum atomic E-state index is -0.388. The zero-order valence-corrected chi connectivity index (χ0v) is 13.5. The predicted octanol–water partition coefficient (Wildman–Crippen LogP) is 1.44. The second-order valence-electron chi connectivity index (χ2n) is 5.21. The lowest BCUT2D eigenvalue weighted by molar-refractivity contribution is 0.0599. The molecule has 0 aliphatic heterocycles. The molecule has 2 aromatic rings. The van der Waals surface area contributed by atoms with Crippen LogP contribution in [0.25, 0.3) is 0 Å². The molecular formula is C17H22N2O4. The number of aromatic nitrogens is 2. The van der Waals surface area contributed by atoms with Crippen molar-refractivity contribution in [2.24, 2.45) is 0 Å². The van der Waals surface area contributed by atoms with Crippen LogP contribution >= 0.6 is 0 Å². The first kappa shape index (κ1) is 17.2. The second kappa shape index (κ2) is 8.45. The minimum Gasteiger partial charge on any atom is -0.465 e. The number of esters is 1. The number of benzene rings is 1. The molecule has 0 saturated heterocycles. The molecule has 1 N–H and O–H groups in total. The minimum absolute atomic E-state index is 0.143. The molecule has 0 saturated carbocycles. The van der Waals surface area contributed by atoms with E-state index in [1.807, 2.05) is 24.3 Å². The number of aliphatic hydroxyl groups excluding tert-OH is 1. The van der Waals surface area contributed by atoms with Crippen molar-refractivity contribution in [3.63, 3.8) is 0 Å². The van der Waals surface area contributed by atoms with Gasteiger partial charge in [0.05, 0.1) is 26.0 Å². The van der Waals surface area contributed by atoms with Gasteiger partial charge in [-0.15, -0.1) is 0 Å². The molecule has 0 radical (unpaired) electrons. The van der Waals surface area contributed by atoms with Crippen molar-refractivity contribution >= 4 is 5.97 Å². The van der Waals surface area contributed by atoms with Crippen LogP contribution in [0, 0.1) is 0 Å². The van der Waals surface area contributed by atoms with Crippen molar-refractivity contribution < 1.29 is 19.4 Å². The van der Waals surface area contributed by atoms with E-state index in [1.54, 1.807) is 18.0 Å². The van der Waals surface area contributed by atoms with E-state index in [2.05, 4.69) is 5.10 Å². The van der Waals surface area contributed by atoms with Crippen LogP contribution in [0.1, 0.15) is 27.2 Å². The van der Waals surface area contributed by atoms with Gasteiger partial charge in [0.15, 0.2) is 0 Å². The number of methoxy groups -OCH3 is 2. The third-order valence-corrected chi connectivity index (χ3v) is 3.55. The van der Waals surface area contributed by atoms with Crippen LogP contribution in [0.5, 0.6) is 0 Å². The summed E-state index contributed by atoms with van der Waals surface area (Å²) in [5, 5.41) is 13.4. The Morgan fingerprint density at radius 2 is 1.87 bits per heavy atom. The molecule has 6 nitrogen and oxygen atoms in total. The van der Waals surface area contributed by atoms with Crippen LogP contribution in [0.4, 0.5) is 0 Å². The maximum absolute atomic E-state index is 11.8. The fourth-order valence-electron chi connectivity index (χ4n) is 2.33. The van der Waals surface area contributed by atoms with Gasteiger partial charge in [-0.2, -0.15) is 5.10 Å². The number of ether oxygens (including phenoxy) is 2. The molecule has 1 aromatic carbocycles. The van der Waals surface area contributed by atoms with E-state index in [9.17, 15) is 4.79 Å². The summed E-state index contributed by atoms with van der Waals surface area (Å²) in [7, 11) is 2.97. The average molecular weight is 318 g/mol. The standard InChI is InChI=1S/C17H22N2O4/c1-22-10-8-16-15(17(21)23-2)12-19(18-16)11-14-5-3-13(4-6-14)7-9-20/h3-6,12,20H,7-11H2,1-2H3. The number of aliphatic hydroxyl groups is 1. The van der Waals surface area contributed by atoms with Crippen molar-refractivity contribution in [2.45, 2.75) is 19.4 Å². The van der Waals surface area contributed by atoms with Crippen molar-refractivity contribution in [1.29, 1.82) is 0 Å². The maximum atomic E-state index is 11.8. The Labute approximate surface area is 135 Å². The van der Waals surface area contributed by atoms with Crippen molar-refractivity contribution in [3.05, 3.63) is 52.8 Å². The quantitative estimate of drug-likeness (QED) is 0.746. The van der Waals surface area contributed by atoms with Gasteiger partial charge in [0.2, 0.25) is 0 Å². The first-order valence-corrected chi connectivity index (χ1v) is 7.50. The maximum Gasteiger partial charge on any atom is 0.341 e. The number of carbonyl (C=O) groups excluding carboxylic acids is 1. The third-order valence-electron chi connectivity index (χ3n) is 3.55. The Kier molecular flexibility index (Phi) is 6.31. The number of carbonyl (C=O) groups is 1. The first-order valence-electron chi connectivity index (χ1n) is 7.50. The molecule has 23 heavy (non-hydrogen) atoms. The highest BCUT2D eigenvalue weighted by molar-refractivity contribution is 5.90. The number of nitrogens with zero attached hydrogens (tertiary/aromatic N) is 2. The van der Waals surface area contributed by atoms with Gasteiger partial charge in [-0.3, -0.25) is 4.68 Å². The van der Waals surface area contributed by atoms with Gasteiger partial charge < -0.3 is 14.6 Å². The highest BCUT2D eigenvalue weighted by atomic mass is 16.5. The average Bonchev–Trinajstić information content (AvgIpc) is 2.97. The van der Waals surface area contributed by atoms with E-state index in [-0.39, 0.29) is 12.6 Å². The third kappa shape index (κ3) is 4.64. The molecule has 6 heteroatoms. The topological polar surface area (TPSA) is 73.6 Å². The van der Waals surface area contributed by atoms with Gasteiger partial charge >= 0.3 is 5.97 Å². The monoisotopic (exact) mass is 318 g/mol. The van der Waals surface area contributed by atoms with Crippen molar-refractivity contribution in [3.8, 4) is 0 Å². The zero-order valence-electron chi connectivity index (χ0n) is 13.5. The van der Waals surface area contributed by atoms with E-state index < -0.39 is 0 Å². The first-order chi connectivity index (χ1) is 11.2. The molecular weight excluding hydrogens is 296 g/mol. The summed E-state index contributed by atoms with van der Waals surface area (Å²) in [6.45, 7) is 1.21. The van der Waals surface area contributed by atoms with Crippen molar-refractivity contribution in [2.75, 3.05) is 27.4 Å². The molecule has 0 fully saturated rings. The summed E-state index contributed by atoms with van der Waals surface area (Å²) < 4.78 is 11.6. The second-order valence-corrected chi connectivity index (χ2v) is 5.21. The Bertz CT molecular complexity index is 635. The van der Waals surface area contributed by atoms with Crippen LogP contribution in [-0.4, -0.2) is 48.3 Å². The lowest BCUT2D eigenvalue weighted by Crippen LogP contribution is -2.06. The lowest BCUT2D eigenvalue weighted by atomic mass is 10.1. The van der Waals surface area contributed by atoms with Crippen LogP contribution in [-0.2, 0) is 28.9 Å². The summed E-state index contributed by atoms with van der Waals surface area (Å²) in [6.07, 6.45) is 2.91. The van der Waals surface area contributed by atoms with Gasteiger partial charge in [-0.05, 0) is 17.5 Å². The van der Waals surface area contributed by atoms with E-state index in [1.165, 1.54) is 7.11 Å². The van der Waals surface area contributed by atoms with Gasteiger partial charge in [0.1, 0.15) is 5.56 Å². The molecule has 1 aromatic heterocycles. The van der Waals surface area contributed by atoms with E-state index in [4.69, 9.17) is 14.6 Å². The van der Waals surface area contributed by atoms with Crippen LogP contribution in [0.2, 0.25) is 0 Å². The normalized spacial score (nSPS) is 10.7. The zero-order chi connectivity index (χ0) is 16.7. The lowest BCUT2D eigenvalue weighted by Gasteiger charge is -2.04. The summed E-state index contributed by atoms with van der Waals surface area (Å²) in [5.41, 5.74) is 3.31. The highest BCUT2D eigenvalue weighted by Crippen LogP contribution is 2.12. The fourth-order valence-corrected chi connectivity index (χ4v) is 2.33. The summed E-state index contributed by atoms with van der Waals surface area (Å²) in [4.78, 5) is 11.8. The number of hydrogen-bond acceptors (Lipinski definition) is 5. The Balaban J connectivity index is 2.15. The molecule has 0 unspecified atom stereocenters. The van der Waals surface area contributed by atoms with Gasteiger partial charge in [-0.25, -0.2) is 4.79 Å². The number of hydrogen-bond donors (Lipinski definition) is 1. The molecule has 0 aliphatic rings. The van der Waals surface area contributed by atoms with Gasteiger partial charge in [0.25, 0.3) is 0 Å². The Morgan fingerprint density at radius 3 is 2.48 bits per heavy atom. The van der Waals surface area contributed by atoms with E-state index >= 15 is 0 Å². The van der Waals surface area contributed by atoms with Crippen LogP contribution in [0.3, 0.4) is 0 Å². The van der Waals surface area contributed by atoms with E-state index in [0.717, 1.165) is 11.1 Å². The highest BCUT2D eigenvalue weighted by Gasteiger charge is 2.16. The molecule has 0 bridgehead atoms. The molecule has 124 valence electrons. The molecule has 1 heterocycles. The van der Waals surface area contributed by atoms with Crippen LogP contribution < -0.4 is 0 Å². The fraction of sp³-hybridized carbons (Fsp3) is 0.412. The Hall–Kier alpha value is -2.18. The molecule has 0 spiro atoms. The smallest absolute Gasteiger partial charge is 0.341 e.